The van der Waals surface area contributed by atoms with Crippen molar-refractivity contribution in [3.8, 4) is 5.75 Å². The number of non-ortho nitro benzene ring substituents is 1. The van der Waals surface area contributed by atoms with Crippen molar-refractivity contribution in [3.63, 3.8) is 0 Å². The summed E-state index contributed by atoms with van der Waals surface area (Å²) in [6.45, 7) is 9.44. The Morgan fingerprint density at radius 3 is 2.71 bits per heavy atom. The molecule has 0 aliphatic heterocycles. The zero-order chi connectivity index (χ0) is 15.6. The number of benzene rings is 1. The lowest BCUT2D eigenvalue weighted by molar-refractivity contribution is -0.384. The van der Waals surface area contributed by atoms with E-state index in [4.69, 9.17) is 4.74 Å². The van der Waals surface area contributed by atoms with Crippen LogP contribution in [-0.2, 0) is 0 Å². The molecule has 1 fully saturated rings. The van der Waals surface area contributed by atoms with Crippen LogP contribution in [0.25, 0.3) is 0 Å². The molecule has 0 heterocycles. The second-order valence-corrected chi connectivity index (χ2v) is 6.38. The van der Waals surface area contributed by atoms with Crippen LogP contribution in [0, 0.1) is 22.5 Å². The number of hydrogen-bond donors (Lipinski definition) is 1. The standard InChI is InChI=1S/C16H24N2O3/c1-5-8-17-14-10-15(16(14,3)4)21-13-7-6-12(18(19)20)9-11(13)2/h6-7,9,14-15,17H,5,8,10H2,1-4H3. The number of ether oxygens (including phenoxy) is 1. The number of nitro benzene ring substituents is 1. The van der Waals surface area contributed by atoms with Gasteiger partial charge in [0.1, 0.15) is 11.9 Å². The predicted molar refractivity (Wildman–Crippen MR) is 82.7 cm³/mol. The molecule has 1 saturated carbocycles. The van der Waals surface area contributed by atoms with Crippen molar-refractivity contribution >= 4 is 5.69 Å². The molecule has 2 unspecified atom stereocenters. The van der Waals surface area contributed by atoms with Gasteiger partial charge < -0.3 is 10.1 Å². The SMILES string of the molecule is CCCNC1CC(Oc2ccc([N+](=O)[O-])cc2C)C1(C)C. The summed E-state index contributed by atoms with van der Waals surface area (Å²) in [5.41, 5.74) is 0.990. The first-order chi connectivity index (χ1) is 9.86. The summed E-state index contributed by atoms with van der Waals surface area (Å²) < 4.78 is 6.08. The van der Waals surface area contributed by atoms with E-state index in [2.05, 4.69) is 26.1 Å². The fourth-order valence-corrected chi connectivity index (χ4v) is 2.78. The second kappa shape index (κ2) is 6.02. The van der Waals surface area contributed by atoms with Gasteiger partial charge in [-0.15, -0.1) is 0 Å². The molecule has 116 valence electrons. The Hall–Kier alpha value is -1.62. The van der Waals surface area contributed by atoms with E-state index in [0.29, 0.717) is 6.04 Å². The Balaban J connectivity index is 2.02. The first kappa shape index (κ1) is 15.8. The fourth-order valence-electron chi connectivity index (χ4n) is 2.78. The minimum absolute atomic E-state index is 0.0728. The van der Waals surface area contributed by atoms with Crippen molar-refractivity contribution in [2.24, 2.45) is 5.41 Å². The van der Waals surface area contributed by atoms with Gasteiger partial charge in [0.05, 0.1) is 4.92 Å². The first-order valence-electron chi connectivity index (χ1n) is 7.51. The molecule has 0 bridgehead atoms. The average molecular weight is 292 g/mol. The summed E-state index contributed by atoms with van der Waals surface area (Å²) in [7, 11) is 0. The quantitative estimate of drug-likeness (QED) is 0.644. The summed E-state index contributed by atoms with van der Waals surface area (Å²) in [6.07, 6.45) is 2.25. The van der Waals surface area contributed by atoms with E-state index >= 15 is 0 Å². The lowest BCUT2D eigenvalue weighted by atomic mass is 9.64. The smallest absolute Gasteiger partial charge is 0.269 e. The Labute approximate surface area is 125 Å². The monoisotopic (exact) mass is 292 g/mol. The van der Waals surface area contributed by atoms with Crippen molar-refractivity contribution in [2.45, 2.75) is 52.7 Å². The molecule has 21 heavy (non-hydrogen) atoms. The molecule has 1 aliphatic rings. The lowest BCUT2D eigenvalue weighted by Gasteiger charge is -2.51. The highest BCUT2D eigenvalue weighted by Crippen LogP contribution is 2.43. The number of nitrogens with zero attached hydrogens (tertiary/aromatic N) is 1. The van der Waals surface area contributed by atoms with Gasteiger partial charge in [0.2, 0.25) is 0 Å². The number of nitro groups is 1. The number of nitrogens with one attached hydrogen (secondary N) is 1. The Morgan fingerprint density at radius 1 is 1.48 bits per heavy atom. The minimum Gasteiger partial charge on any atom is -0.489 e. The van der Waals surface area contributed by atoms with Gasteiger partial charge in [-0.3, -0.25) is 10.1 Å². The topological polar surface area (TPSA) is 64.4 Å². The van der Waals surface area contributed by atoms with Gasteiger partial charge >= 0.3 is 0 Å². The average Bonchev–Trinajstić information content (AvgIpc) is 2.43. The first-order valence-corrected chi connectivity index (χ1v) is 7.51. The van der Waals surface area contributed by atoms with Crippen molar-refractivity contribution in [1.82, 2.24) is 5.32 Å². The van der Waals surface area contributed by atoms with Gasteiger partial charge in [-0.2, -0.15) is 0 Å². The van der Waals surface area contributed by atoms with E-state index in [0.717, 1.165) is 30.7 Å². The van der Waals surface area contributed by atoms with E-state index in [1.165, 1.54) is 6.07 Å². The van der Waals surface area contributed by atoms with Crippen LogP contribution >= 0.6 is 0 Å². The maximum absolute atomic E-state index is 10.8. The van der Waals surface area contributed by atoms with Crippen LogP contribution < -0.4 is 10.1 Å². The zero-order valence-corrected chi connectivity index (χ0v) is 13.2. The molecule has 2 rings (SSSR count). The molecule has 0 amide bonds. The molecule has 0 spiro atoms. The minimum atomic E-state index is -0.380. The number of rotatable bonds is 6. The molecule has 0 aromatic heterocycles. The summed E-state index contributed by atoms with van der Waals surface area (Å²) in [4.78, 5) is 10.4. The van der Waals surface area contributed by atoms with Gasteiger partial charge in [0.25, 0.3) is 5.69 Å². The number of aryl methyl sites for hydroxylation is 1. The predicted octanol–water partition coefficient (Wildman–Crippen LogP) is 3.45. The highest BCUT2D eigenvalue weighted by molar-refractivity contribution is 5.43. The van der Waals surface area contributed by atoms with Gasteiger partial charge in [-0.25, -0.2) is 0 Å². The van der Waals surface area contributed by atoms with Crippen LogP contribution in [0.4, 0.5) is 5.69 Å². The molecule has 2 atom stereocenters. The molecule has 1 N–H and O–H groups in total. The molecular weight excluding hydrogens is 268 g/mol. The van der Waals surface area contributed by atoms with Crippen LogP contribution in [0.3, 0.4) is 0 Å². The molecule has 1 aromatic carbocycles. The van der Waals surface area contributed by atoms with Gasteiger partial charge in [-0.1, -0.05) is 20.8 Å². The Bertz CT molecular complexity index is 528. The lowest BCUT2D eigenvalue weighted by Crippen LogP contribution is -2.62. The molecule has 0 radical (unpaired) electrons. The second-order valence-electron chi connectivity index (χ2n) is 6.38. The molecule has 1 aromatic rings. The Morgan fingerprint density at radius 2 is 2.19 bits per heavy atom. The van der Waals surface area contributed by atoms with E-state index in [1.807, 2.05) is 6.92 Å². The third kappa shape index (κ3) is 3.18. The molecule has 5 nitrogen and oxygen atoms in total. The van der Waals surface area contributed by atoms with E-state index in [1.54, 1.807) is 12.1 Å². The highest BCUT2D eigenvalue weighted by Gasteiger charge is 2.49. The zero-order valence-electron chi connectivity index (χ0n) is 13.2. The highest BCUT2D eigenvalue weighted by atomic mass is 16.6. The van der Waals surface area contributed by atoms with E-state index < -0.39 is 0 Å². The molecular formula is C16H24N2O3. The van der Waals surface area contributed by atoms with Crippen LogP contribution in [0.2, 0.25) is 0 Å². The van der Waals surface area contributed by atoms with Gasteiger partial charge in [0.15, 0.2) is 0 Å². The molecule has 5 heteroatoms. The summed E-state index contributed by atoms with van der Waals surface area (Å²) >= 11 is 0. The van der Waals surface area contributed by atoms with Crippen LogP contribution in [-0.4, -0.2) is 23.6 Å². The van der Waals surface area contributed by atoms with E-state index in [-0.39, 0.29) is 22.1 Å². The third-order valence-electron chi connectivity index (χ3n) is 4.46. The normalized spacial score (nSPS) is 23.4. The fraction of sp³-hybridized carbons (Fsp3) is 0.625. The maximum Gasteiger partial charge on any atom is 0.269 e. The van der Waals surface area contributed by atoms with Crippen molar-refractivity contribution in [2.75, 3.05) is 6.54 Å². The Kier molecular flexibility index (Phi) is 4.52. The molecule has 0 saturated heterocycles. The summed E-state index contributed by atoms with van der Waals surface area (Å²) in [6, 6.07) is 5.24. The van der Waals surface area contributed by atoms with Crippen molar-refractivity contribution in [3.05, 3.63) is 33.9 Å². The summed E-state index contributed by atoms with van der Waals surface area (Å²) in [5, 5.41) is 14.3. The van der Waals surface area contributed by atoms with Crippen molar-refractivity contribution in [1.29, 1.82) is 0 Å². The van der Waals surface area contributed by atoms with Gasteiger partial charge in [0, 0.05) is 30.0 Å². The summed E-state index contributed by atoms with van der Waals surface area (Å²) in [5.74, 6) is 0.743. The van der Waals surface area contributed by atoms with Crippen molar-refractivity contribution < 1.29 is 9.66 Å². The molecule has 1 aliphatic carbocycles. The maximum atomic E-state index is 10.8. The van der Waals surface area contributed by atoms with Crippen LogP contribution in [0.1, 0.15) is 39.2 Å². The van der Waals surface area contributed by atoms with Crippen LogP contribution in [0.5, 0.6) is 5.75 Å². The van der Waals surface area contributed by atoms with Crippen LogP contribution in [0.15, 0.2) is 18.2 Å². The van der Waals surface area contributed by atoms with Gasteiger partial charge in [-0.05, 0) is 31.5 Å². The number of hydrogen-bond acceptors (Lipinski definition) is 4. The third-order valence-corrected chi connectivity index (χ3v) is 4.46. The van der Waals surface area contributed by atoms with E-state index in [9.17, 15) is 10.1 Å². The largest absolute Gasteiger partial charge is 0.489 e.